The number of anilines is 2. The van der Waals surface area contributed by atoms with E-state index in [4.69, 9.17) is 4.74 Å². The van der Waals surface area contributed by atoms with E-state index < -0.39 is 5.97 Å². The highest BCUT2D eigenvalue weighted by Gasteiger charge is 2.18. The number of benzene rings is 2. The average molecular weight is 335 g/mol. The van der Waals surface area contributed by atoms with Crippen molar-refractivity contribution in [2.75, 3.05) is 11.9 Å². The van der Waals surface area contributed by atoms with Gasteiger partial charge in [0.2, 0.25) is 0 Å². The molecular formula is C20H21N3O2. The smallest absolute Gasteiger partial charge is 0.360 e. The number of ether oxygens (including phenoxy) is 1. The molecule has 1 N–H and O–H groups in total. The second kappa shape index (κ2) is 7.30. The van der Waals surface area contributed by atoms with Crippen LogP contribution >= 0.6 is 0 Å². The highest BCUT2D eigenvalue weighted by atomic mass is 16.5. The molecule has 0 fully saturated rings. The van der Waals surface area contributed by atoms with E-state index in [1.54, 1.807) is 0 Å². The molecule has 0 radical (unpaired) electrons. The third kappa shape index (κ3) is 3.94. The van der Waals surface area contributed by atoms with Crippen LogP contribution < -0.4 is 5.32 Å². The molecule has 3 aromatic rings. The molecule has 0 aliphatic carbocycles. The van der Waals surface area contributed by atoms with Crippen LogP contribution in [0.25, 0.3) is 11.0 Å². The van der Waals surface area contributed by atoms with Gasteiger partial charge in [0.25, 0.3) is 0 Å². The molecule has 0 unspecified atom stereocenters. The Hall–Kier alpha value is -2.95. The summed E-state index contributed by atoms with van der Waals surface area (Å²) in [6.07, 6.45) is 0.757. The minimum Gasteiger partial charge on any atom is -0.461 e. The van der Waals surface area contributed by atoms with Crippen molar-refractivity contribution in [3.05, 3.63) is 59.3 Å². The number of esters is 1. The number of carbonyl (C=O) groups is 1. The number of para-hydroxylation sites is 2. The van der Waals surface area contributed by atoms with Gasteiger partial charge in [0.05, 0.1) is 17.6 Å². The molecule has 0 atom stereocenters. The summed E-state index contributed by atoms with van der Waals surface area (Å²) < 4.78 is 5.27. The lowest BCUT2D eigenvalue weighted by Gasteiger charge is -2.12. The Labute approximate surface area is 147 Å². The van der Waals surface area contributed by atoms with Crippen LogP contribution in [0.2, 0.25) is 0 Å². The molecule has 5 heteroatoms. The number of hydrogen-bond acceptors (Lipinski definition) is 5. The highest BCUT2D eigenvalue weighted by Crippen LogP contribution is 2.23. The number of aromatic nitrogens is 2. The summed E-state index contributed by atoms with van der Waals surface area (Å²) in [6, 6.07) is 13.6. The van der Waals surface area contributed by atoms with Crippen LogP contribution in [-0.2, 0) is 4.74 Å². The molecule has 0 amide bonds. The fourth-order valence-electron chi connectivity index (χ4n) is 2.68. The monoisotopic (exact) mass is 335 g/mol. The maximum absolute atomic E-state index is 12.4. The van der Waals surface area contributed by atoms with E-state index in [0.717, 1.165) is 28.8 Å². The van der Waals surface area contributed by atoms with Gasteiger partial charge in [-0.3, -0.25) is 0 Å². The standard InChI is InChI=1S/C20H21N3O2/c1-4-9-25-20(24)18-19(21-15-11-13(2)10-14(3)12-15)23-17-8-6-5-7-16(17)22-18/h5-8,10-12H,4,9H2,1-3H3,(H,21,23). The van der Waals surface area contributed by atoms with Gasteiger partial charge in [-0.1, -0.05) is 25.1 Å². The van der Waals surface area contributed by atoms with E-state index in [2.05, 4.69) is 21.4 Å². The lowest BCUT2D eigenvalue weighted by Crippen LogP contribution is -2.13. The Balaban J connectivity index is 2.05. The molecule has 0 saturated heterocycles. The zero-order valence-electron chi connectivity index (χ0n) is 14.7. The van der Waals surface area contributed by atoms with Crippen molar-refractivity contribution in [2.24, 2.45) is 0 Å². The zero-order chi connectivity index (χ0) is 17.8. The predicted octanol–water partition coefficient (Wildman–Crippen LogP) is 4.56. The van der Waals surface area contributed by atoms with E-state index in [9.17, 15) is 4.79 Å². The molecule has 5 nitrogen and oxygen atoms in total. The average Bonchev–Trinajstić information content (AvgIpc) is 2.58. The molecule has 0 aliphatic rings. The van der Waals surface area contributed by atoms with Crippen LogP contribution in [0.5, 0.6) is 0 Å². The third-order valence-electron chi connectivity index (χ3n) is 3.69. The summed E-state index contributed by atoms with van der Waals surface area (Å²) in [5.74, 6) is -0.0585. The van der Waals surface area contributed by atoms with E-state index in [-0.39, 0.29) is 5.69 Å². The van der Waals surface area contributed by atoms with Crippen LogP contribution in [0.15, 0.2) is 42.5 Å². The van der Waals surface area contributed by atoms with E-state index in [1.165, 1.54) is 0 Å². The number of aryl methyl sites for hydroxylation is 2. The summed E-state index contributed by atoms with van der Waals surface area (Å²) in [5.41, 5.74) is 4.72. The zero-order valence-corrected chi connectivity index (χ0v) is 14.7. The molecule has 2 aromatic carbocycles. The first-order valence-corrected chi connectivity index (χ1v) is 8.36. The fraction of sp³-hybridized carbons (Fsp3) is 0.250. The summed E-state index contributed by atoms with van der Waals surface area (Å²) in [5, 5.41) is 3.23. The number of fused-ring (bicyclic) bond motifs is 1. The van der Waals surface area contributed by atoms with E-state index in [1.807, 2.05) is 57.2 Å². The van der Waals surface area contributed by atoms with Crippen LogP contribution in [-0.4, -0.2) is 22.5 Å². The Kier molecular flexibility index (Phi) is 4.93. The molecule has 0 aliphatic heterocycles. The molecule has 3 rings (SSSR count). The first-order chi connectivity index (χ1) is 12.1. The number of hydrogen-bond donors (Lipinski definition) is 1. The summed E-state index contributed by atoms with van der Waals surface area (Å²) >= 11 is 0. The third-order valence-corrected chi connectivity index (χ3v) is 3.69. The van der Waals surface area contributed by atoms with E-state index in [0.29, 0.717) is 17.9 Å². The number of carbonyl (C=O) groups excluding carboxylic acids is 1. The quantitative estimate of drug-likeness (QED) is 0.693. The highest BCUT2D eigenvalue weighted by molar-refractivity contribution is 5.96. The van der Waals surface area contributed by atoms with Gasteiger partial charge < -0.3 is 10.1 Å². The van der Waals surface area contributed by atoms with Crippen molar-refractivity contribution in [1.29, 1.82) is 0 Å². The SMILES string of the molecule is CCCOC(=O)c1nc2ccccc2nc1Nc1cc(C)cc(C)c1. The van der Waals surface area contributed by atoms with E-state index >= 15 is 0 Å². The van der Waals surface area contributed by atoms with Crippen molar-refractivity contribution < 1.29 is 9.53 Å². The molecule has 0 spiro atoms. The lowest BCUT2D eigenvalue weighted by molar-refractivity contribution is 0.0499. The van der Waals surface area contributed by atoms with Gasteiger partial charge in [0, 0.05) is 5.69 Å². The fourth-order valence-corrected chi connectivity index (χ4v) is 2.68. The summed E-state index contributed by atoms with van der Waals surface area (Å²) in [4.78, 5) is 21.5. The van der Waals surface area contributed by atoms with Gasteiger partial charge in [-0.05, 0) is 55.7 Å². The van der Waals surface area contributed by atoms with Crippen molar-refractivity contribution in [3.63, 3.8) is 0 Å². The second-order valence-electron chi connectivity index (χ2n) is 6.05. The van der Waals surface area contributed by atoms with Crippen molar-refractivity contribution in [1.82, 2.24) is 9.97 Å². The van der Waals surface area contributed by atoms with Gasteiger partial charge in [-0.15, -0.1) is 0 Å². The van der Waals surface area contributed by atoms with Crippen LogP contribution in [0, 0.1) is 13.8 Å². The molecule has 25 heavy (non-hydrogen) atoms. The van der Waals surface area contributed by atoms with Gasteiger partial charge in [0.1, 0.15) is 0 Å². The van der Waals surface area contributed by atoms with Gasteiger partial charge in [-0.25, -0.2) is 14.8 Å². The van der Waals surface area contributed by atoms with Gasteiger partial charge in [0.15, 0.2) is 11.5 Å². The molecule has 128 valence electrons. The maximum atomic E-state index is 12.4. The lowest BCUT2D eigenvalue weighted by atomic mass is 10.1. The number of rotatable bonds is 5. The second-order valence-corrected chi connectivity index (χ2v) is 6.05. The van der Waals surface area contributed by atoms with Crippen LogP contribution in [0.3, 0.4) is 0 Å². The predicted molar refractivity (Wildman–Crippen MR) is 99.3 cm³/mol. The van der Waals surface area contributed by atoms with Crippen molar-refractivity contribution in [2.45, 2.75) is 27.2 Å². The largest absolute Gasteiger partial charge is 0.461 e. The van der Waals surface area contributed by atoms with Crippen LogP contribution in [0.4, 0.5) is 11.5 Å². The van der Waals surface area contributed by atoms with Crippen molar-refractivity contribution in [3.8, 4) is 0 Å². The number of nitrogens with zero attached hydrogens (tertiary/aromatic N) is 2. The van der Waals surface area contributed by atoms with Gasteiger partial charge >= 0.3 is 5.97 Å². The van der Waals surface area contributed by atoms with Crippen LogP contribution in [0.1, 0.15) is 35.0 Å². The first kappa shape index (κ1) is 16.9. The summed E-state index contributed by atoms with van der Waals surface area (Å²) in [7, 11) is 0. The summed E-state index contributed by atoms with van der Waals surface area (Å²) in [6.45, 7) is 6.37. The number of nitrogens with one attached hydrogen (secondary N) is 1. The molecule has 1 heterocycles. The Morgan fingerprint density at radius 2 is 1.68 bits per heavy atom. The molecular weight excluding hydrogens is 314 g/mol. The topological polar surface area (TPSA) is 64.1 Å². The molecule has 1 aromatic heterocycles. The Morgan fingerprint density at radius 1 is 1.04 bits per heavy atom. The minimum atomic E-state index is -0.466. The Bertz CT molecular complexity index is 902. The molecule has 0 saturated carbocycles. The van der Waals surface area contributed by atoms with Gasteiger partial charge in [-0.2, -0.15) is 0 Å². The maximum Gasteiger partial charge on any atom is 0.360 e. The minimum absolute atomic E-state index is 0.200. The first-order valence-electron chi connectivity index (χ1n) is 8.36. The van der Waals surface area contributed by atoms with Crippen molar-refractivity contribution >= 4 is 28.5 Å². The molecule has 0 bridgehead atoms. The Morgan fingerprint density at radius 3 is 2.32 bits per heavy atom. The normalized spacial score (nSPS) is 10.7.